The van der Waals surface area contributed by atoms with Gasteiger partial charge in [-0.2, -0.15) is 4.98 Å². The van der Waals surface area contributed by atoms with Crippen molar-refractivity contribution >= 4 is 5.82 Å². The standard InChI is InChI=1S/C15H23N3O5/c1-8(2)4-3-5-9-6-18(15(22)17-13(9)16)14-12(21)11(20)10(7-19)23-14/h3-4,6,8,10-12,14,19-21H,5,7H2,1-2H3,(H2,16,17,22)/b4-3+/t10-,11-,12-,14-/m1/s1. The van der Waals surface area contributed by atoms with Crippen molar-refractivity contribution in [1.82, 2.24) is 9.55 Å². The average Bonchev–Trinajstić information content (AvgIpc) is 2.77. The Labute approximate surface area is 133 Å². The SMILES string of the molecule is CC(C)/C=C/Cc1cn([C@@H]2O[C@H](CO)[C@@H](O)[C@H]2O)c(=O)nc1N. The topological polar surface area (TPSA) is 131 Å². The molecular formula is C15H23N3O5. The molecule has 1 fully saturated rings. The van der Waals surface area contributed by atoms with Crippen molar-refractivity contribution in [2.45, 2.75) is 44.8 Å². The molecular weight excluding hydrogens is 302 g/mol. The number of nitrogen functional groups attached to an aromatic ring is 1. The van der Waals surface area contributed by atoms with E-state index in [1.807, 2.05) is 26.0 Å². The Bertz CT molecular complexity index is 628. The number of aromatic nitrogens is 2. The molecule has 4 atom stereocenters. The van der Waals surface area contributed by atoms with Crippen molar-refractivity contribution < 1.29 is 20.1 Å². The number of aliphatic hydroxyl groups is 3. The third-order valence-electron chi connectivity index (χ3n) is 3.71. The minimum Gasteiger partial charge on any atom is -0.394 e. The molecule has 1 aromatic rings. The highest BCUT2D eigenvalue weighted by molar-refractivity contribution is 5.38. The number of nitrogens with zero attached hydrogens (tertiary/aromatic N) is 2. The third-order valence-corrected chi connectivity index (χ3v) is 3.71. The van der Waals surface area contributed by atoms with Gasteiger partial charge in [0, 0.05) is 11.8 Å². The van der Waals surface area contributed by atoms with Crippen LogP contribution in [0.3, 0.4) is 0 Å². The second-order valence-electron chi connectivity index (χ2n) is 5.95. The van der Waals surface area contributed by atoms with Crippen LogP contribution in [-0.2, 0) is 11.2 Å². The van der Waals surface area contributed by atoms with Crippen molar-refractivity contribution in [3.8, 4) is 0 Å². The van der Waals surface area contributed by atoms with E-state index < -0.39 is 36.8 Å². The minimum atomic E-state index is -1.34. The van der Waals surface area contributed by atoms with Crippen LogP contribution < -0.4 is 11.4 Å². The molecule has 0 spiro atoms. The first-order chi connectivity index (χ1) is 10.8. The average molecular weight is 325 g/mol. The number of nitrogens with two attached hydrogens (primary N) is 1. The molecule has 8 nitrogen and oxygen atoms in total. The van der Waals surface area contributed by atoms with Gasteiger partial charge in [-0.3, -0.25) is 4.57 Å². The van der Waals surface area contributed by atoms with Gasteiger partial charge < -0.3 is 25.8 Å². The highest BCUT2D eigenvalue weighted by Gasteiger charge is 2.43. The Kier molecular flexibility index (Phi) is 5.53. The molecule has 5 N–H and O–H groups in total. The summed E-state index contributed by atoms with van der Waals surface area (Å²) in [6, 6.07) is 0. The fourth-order valence-electron chi connectivity index (χ4n) is 2.44. The molecule has 1 aliphatic rings. The molecule has 8 heteroatoms. The van der Waals surface area contributed by atoms with Gasteiger partial charge in [0.15, 0.2) is 6.23 Å². The number of anilines is 1. The first-order valence-electron chi connectivity index (χ1n) is 7.51. The Morgan fingerprint density at radius 2 is 2.13 bits per heavy atom. The van der Waals surface area contributed by atoms with Crippen LogP contribution >= 0.6 is 0 Å². The van der Waals surface area contributed by atoms with Crippen LogP contribution in [0.4, 0.5) is 5.82 Å². The molecule has 0 bridgehead atoms. The Hall–Kier alpha value is -1.74. The maximum atomic E-state index is 12.0. The van der Waals surface area contributed by atoms with Crippen LogP contribution in [0.5, 0.6) is 0 Å². The molecule has 2 heterocycles. The summed E-state index contributed by atoms with van der Waals surface area (Å²) in [4.78, 5) is 15.8. The highest BCUT2D eigenvalue weighted by atomic mass is 16.6. The molecule has 0 radical (unpaired) electrons. The summed E-state index contributed by atoms with van der Waals surface area (Å²) in [7, 11) is 0. The number of rotatable bonds is 5. The van der Waals surface area contributed by atoms with Crippen LogP contribution in [0.2, 0.25) is 0 Å². The van der Waals surface area contributed by atoms with E-state index in [0.717, 1.165) is 4.57 Å². The van der Waals surface area contributed by atoms with Crippen LogP contribution in [0.15, 0.2) is 23.1 Å². The monoisotopic (exact) mass is 325 g/mol. The second-order valence-corrected chi connectivity index (χ2v) is 5.95. The van der Waals surface area contributed by atoms with Gasteiger partial charge in [-0.25, -0.2) is 4.79 Å². The van der Waals surface area contributed by atoms with Gasteiger partial charge in [-0.15, -0.1) is 0 Å². The van der Waals surface area contributed by atoms with Gasteiger partial charge in [0.2, 0.25) is 0 Å². The molecule has 0 unspecified atom stereocenters. The molecule has 1 aromatic heterocycles. The summed E-state index contributed by atoms with van der Waals surface area (Å²) in [5.74, 6) is 0.502. The molecule has 1 aliphatic heterocycles. The lowest BCUT2D eigenvalue weighted by Crippen LogP contribution is -2.36. The van der Waals surface area contributed by atoms with Crippen LogP contribution in [-0.4, -0.2) is 49.8 Å². The lowest BCUT2D eigenvalue weighted by Gasteiger charge is -2.18. The lowest BCUT2D eigenvalue weighted by molar-refractivity contribution is -0.0550. The summed E-state index contributed by atoms with van der Waals surface area (Å²) in [6.45, 7) is 3.62. The van der Waals surface area contributed by atoms with Gasteiger partial charge in [0.25, 0.3) is 0 Å². The van der Waals surface area contributed by atoms with Crippen LogP contribution in [0.25, 0.3) is 0 Å². The van der Waals surface area contributed by atoms with Gasteiger partial charge in [0.1, 0.15) is 24.1 Å². The molecule has 0 aromatic carbocycles. The Morgan fingerprint density at radius 3 is 2.70 bits per heavy atom. The van der Waals surface area contributed by atoms with Crippen molar-refractivity contribution in [3.05, 3.63) is 34.4 Å². The first-order valence-corrected chi connectivity index (χ1v) is 7.51. The zero-order valence-corrected chi connectivity index (χ0v) is 13.2. The van der Waals surface area contributed by atoms with E-state index >= 15 is 0 Å². The normalized spacial score (nSPS) is 28.1. The van der Waals surface area contributed by atoms with Crippen molar-refractivity contribution in [1.29, 1.82) is 0 Å². The van der Waals surface area contributed by atoms with Crippen molar-refractivity contribution in [2.24, 2.45) is 5.92 Å². The fraction of sp³-hybridized carbons (Fsp3) is 0.600. The van der Waals surface area contributed by atoms with E-state index in [2.05, 4.69) is 4.98 Å². The predicted molar refractivity (Wildman–Crippen MR) is 83.6 cm³/mol. The third kappa shape index (κ3) is 3.78. The van der Waals surface area contributed by atoms with E-state index in [0.29, 0.717) is 17.9 Å². The molecule has 1 saturated heterocycles. The summed E-state index contributed by atoms with van der Waals surface area (Å²) in [6.07, 6.45) is 1.18. The van der Waals surface area contributed by atoms with Crippen LogP contribution in [0, 0.1) is 5.92 Å². The molecule has 0 saturated carbocycles. The first kappa shape index (κ1) is 17.6. The minimum absolute atomic E-state index is 0.117. The van der Waals surface area contributed by atoms with Gasteiger partial charge in [0.05, 0.1) is 6.61 Å². The molecule has 0 amide bonds. The Morgan fingerprint density at radius 1 is 1.43 bits per heavy atom. The zero-order chi connectivity index (χ0) is 17.1. The maximum absolute atomic E-state index is 12.0. The van der Waals surface area contributed by atoms with Gasteiger partial charge >= 0.3 is 5.69 Å². The number of hydrogen-bond acceptors (Lipinski definition) is 7. The van der Waals surface area contributed by atoms with E-state index in [-0.39, 0.29) is 5.82 Å². The number of hydrogen-bond donors (Lipinski definition) is 4. The number of aliphatic hydroxyl groups excluding tert-OH is 3. The van der Waals surface area contributed by atoms with Crippen molar-refractivity contribution in [3.63, 3.8) is 0 Å². The summed E-state index contributed by atoms with van der Waals surface area (Å²) >= 11 is 0. The van der Waals surface area contributed by atoms with E-state index in [9.17, 15) is 15.0 Å². The quantitative estimate of drug-likeness (QED) is 0.521. The van der Waals surface area contributed by atoms with E-state index in [4.69, 9.17) is 15.6 Å². The lowest BCUT2D eigenvalue weighted by atomic mass is 10.1. The summed E-state index contributed by atoms with van der Waals surface area (Å²) in [5, 5.41) is 29.0. The van der Waals surface area contributed by atoms with Gasteiger partial charge in [-0.1, -0.05) is 26.0 Å². The maximum Gasteiger partial charge on any atom is 0.351 e. The smallest absolute Gasteiger partial charge is 0.351 e. The second kappa shape index (κ2) is 7.22. The zero-order valence-electron chi connectivity index (χ0n) is 13.2. The molecule has 128 valence electrons. The number of allylic oxidation sites excluding steroid dienone is 2. The predicted octanol–water partition coefficient (Wildman–Crippen LogP) is -0.808. The van der Waals surface area contributed by atoms with E-state index in [1.165, 1.54) is 6.20 Å². The van der Waals surface area contributed by atoms with Crippen molar-refractivity contribution in [2.75, 3.05) is 12.3 Å². The Balaban J connectivity index is 2.30. The molecule has 2 rings (SSSR count). The molecule has 23 heavy (non-hydrogen) atoms. The largest absolute Gasteiger partial charge is 0.394 e. The fourth-order valence-corrected chi connectivity index (χ4v) is 2.44. The summed E-state index contributed by atoms with van der Waals surface area (Å²) < 4.78 is 6.45. The van der Waals surface area contributed by atoms with Gasteiger partial charge in [-0.05, 0) is 12.3 Å². The number of ether oxygens (including phenoxy) is 1. The highest BCUT2D eigenvalue weighted by Crippen LogP contribution is 2.28. The van der Waals surface area contributed by atoms with E-state index in [1.54, 1.807) is 0 Å². The summed E-state index contributed by atoms with van der Waals surface area (Å²) in [5.41, 5.74) is 5.69. The molecule has 0 aliphatic carbocycles. The van der Waals surface area contributed by atoms with Crippen LogP contribution in [0.1, 0.15) is 25.6 Å².